The topological polar surface area (TPSA) is 67.2 Å². The van der Waals surface area contributed by atoms with Crippen LogP contribution in [0.25, 0.3) is 0 Å². The highest BCUT2D eigenvalue weighted by Crippen LogP contribution is 2.60. The van der Waals surface area contributed by atoms with Gasteiger partial charge < -0.3 is 4.74 Å². The van der Waals surface area contributed by atoms with Crippen molar-refractivity contribution >= 4 is 11.8 Å². The van der Waals surface area contributed by atoms with Crippen molar-refractivity contribution < 1.29 is 14.3 Å². The molecule has 0 aromatic carbocycles. The van der Waals surface area contributed by atoms with Crippen LogP contribution in [0.1, 0.15) is 45.4 Å². The Labute approximate surface area is 119 Å². The van der Waals surface area contributed by atoms with Crippen molar-refractivity contribution in [3.63, 3.8) is 0 Å². The standard InChI is InChI=1S/C16H21NO3/c1-2-20-15(19)13(9-17)14(18)16-6-10-3-11(7-16)5-12(4-10)8-16/h10-13H,2-8H2,1H3. The highest BCUT2D eigenvalue weighted by atomic mass is 16.5. The zero-order valence-corrected chi connectivity index (χ0v) is 11.9. The summed E-state index contributed by atoms with van der Waals surface area (Å²) in [5.74, 6) is -0.135. The van der Waals surface area contributed by atoms with E-state index in [1.54, 1.807) is 6.92 Å². The van der Waals surface area contributed by atoms with Crippen LogP contribution in [0.2, 0.25) is 0 Å². The highest BCUT2D eigenvalue weighted by molar-refractivity contribution is 6.04. The lowest BCUT2D eigenvalue weighted by Gasteiger charge is -2.56. The number of ketones is 1. The first-order chi connectivity index (χ1) is 9.58. The zero-order valence-electron chi connectivity index (χ0n) is 11.9. The van der Waals surface area contributed by atoms with Crippen LogP contribution in [0.15, 0.2) is 0 Å². The average molecular weight is 275 g/mol. The van der Waals surface area contributed by atoms with Gasteiger partial charge in [-0.1, -0.05) is 0 Å². The first kappa shape index (κ1) is 13.6. The summed E-state index contributed by atoms with van der Waals surface area (Å²) in [4.78, 5) is 24.7. The molecule has 4 fully saturated rings. The predicted molar refractivity (Wildman–Crippen MR) is 71.3 cm³/mol. The largest absolute Gasteiger partial charge is 0.465 e. The molecule has 108 valence electrons. The number of nitriles is 1. The molecule has 0 heterocycles. The zero-order chi connectivity index (χ0) is 14.3. The number of rotatable bonds is 4. The van der Waals surface area contributed by atoms with E-state index in [-0.39, 0.29) is 12.4 Å². The Kier molecular flexibility index (Phi) is 3.32. The van der Waals surface area contributed by atoms with Gasteiger partial charge in [-0.05, 0) is 63.2 Å². The first-order valence-electron chi connectivity index (χ1n) is 7.68. The fourth-order valence-corrected chi connectivity index (χ4v) is 5.16. The molecule has 1 unspecified atom stereocenters. The van der Waals surface area contributed by atoms with Gasteiger partial charge in [0.05, 0.1) is 12.7 Å². The fourth-order valence-electron chi connectivity index (χ4n) is 5.16. The van der Waals surface area contributed by atoms with E-state index in [1.807, 2.05) is 6.07 Å². The van der Waals surface area contributed by atoms with Crippen molar-refractivity contribution in [3.8, 4) is 6.07 Å². The van der Waals surface area contributed by atoms with Gasteiger partial charge in [-0.3, -0.25) is 9.59 Å². The molecule has 0 aromatic rings. The first-order valence-corrected chi connectivity index (χ1v) is 7.68. The molecule has 4 rings (SSSR count). The van der Waals surface area contributed by atoms with Crippen LogP contribution in [0, 0.1) is 40.4 Å². The van der Waals surface area contributed by atoms with E-state index < -0.39 is 17.3 Å². The van der Waals surface area contributed by atoms with Gasteiger partial charge in [-0.2, -0.15) is 5.26 Å². The maximum atomic E-state index is 12.8. The van der Waals surface area contributed by atoms with Crippen molar-refractivity contribution in [1.82, 2.24) is 0 Å². The molecule has 0 spiro atoms. The van der Waals surface area contributed by atoms with Crippen molar-refractivity contribution in [3.05, 3.63) is 0 Å². The summed E-state index contributed by atoms with van der Waals surface area (Å²) in [7, 11) is 0. The lowest BCUT2D eigenvalue weighted by atomic mass is 9.48. The molecular formula is C16H21NO3. The molecule has 20 heavy (non-hydrogen) atoms. The van der Waals surface area contributed by atoms with Gasteiger partial charge in [0.25, 0.3) is 0 Å². The Morgan fingerprint density at radius 2 is 1.70 bits per heavy atom. The smallest absolute Gasteiger partial charge is 0.331 e. The quantitative estimate of drug-likeness (QED) is 0.584. The number of hydrogen-bond acceptors (Lipinski definition) is 4. The molecule has 0 amide bonds. The minimum Gasteiger partial charge on any atom is -0.465 e. The lowest BCUT2D eigenvalue weighted by Crippen LogP contribution is -2.52. The van der Waals surface area contributed by atoms with E-state index in [0.717, 1.165) is 19.3 Å². The molecule has 0 aliphatic heterocycles. The van der Waals surface area contributed by atoms with E-state index in [2.05, 4.69) is 0 Å². The third kappa shape index (κ3) is 2.04. The number of carbonyl (C=O) groups is 2. The number of Topliss-reactive ketones (excluding diaryl/α,β-unsaturated/α-hetero) is 1. The van der Waals surface area contributed by atoms with Gasteiger partial charge in [0, 0.05) is 5.41 Å². The van der Waals surface area contributed by atoms with Crippen LogP contribution < -0.4 is 0 Å². The van der Waals surface area contributed by atoms with E-state index in [9.17, 15) is 14.9 Å². The fraction of sp³-hybridized carbons (Fsp3) is 0.812. The van der Waals surface area contributed by atoms with Gasteiger partial charge in [-0.25, -0.2) is 0 Å². The Hall–Kier alpha value is -1.37. The van der Waals surface area contributed by atoms with Crippen LogP contribution in [-0.2, 0) is 14.3 Å². The second-order valence-corrected chi connectivity index (χ2v) is 6.88. The Morgan fingerprint density at radius 1 is 1.20 bits per heavy atom. The van der Waals surface area contributed by atoms with Crippen molar-refractivity contribution in [1.29, 1.82) is 5.26 Å². The summed E-state index contributed by atoms with van der Waals surface area (Å²) < 4.78 is 4.90. The van der Waals surface area contributed by atoms with E-state index >= 15 is 0 Å². The second kappa shape index (κ2) is 4.87. The third-order valence-corrected chi connectivity index (χ3v) is 5.47. The summed E-state index contributed by atoms with van der Waals surface area (Å²) in [6.45, 7) is 1.91. The number of nitrogens with zero attached hydrogens (tertiary/aromatic N) is 1. The molecular weight excluding hydrogens is 254 g/mol. The van der Waals surface area contributed by atoms with Crippen molar-refractivity contribution in [2.24, 2.45) is 29.1 Å². The summed E-state index contributed by atoms with van der Waals surface area (Å²) >= 11 is 0. The molecule has 0 saturated heterocycles. The molecule has 4 nitrogen and oxygen atoms in total. The van der Waals surface area contributed by atoms with Crippen LogP contribution in [0.4, 0.5) is 0 Å². The van der Waals surface area contributed by atoms with Crippen LogP contribution in [0.5, 0.6) is 0 Å². The Morgan fingerprint density at radius 3 is 2.10 bits per heavy atom. The van der Waals surface area contributed by atoms with Gasteiger partial charge in [-0.15, -0.1) is 0 Å². The molecule has 0 radical (unpaired) electrons. The molecule has 0 aromatic heterocycles. The maximum absolute atomic E-state index is 12.8. The molecule has 4 aliphatic rings. The van der Waals surface area contributed by atoms with Crippen LogP contribution >= 0.6 is 0 Å². The van der Waals surface area contributed by atoms with Crippen LogP contribution in [-0.4, -0.2) is 18.4 Å². The monoisotopic (exact) mass is 275 g/mol. The summed E-state index contributed by atoms with van der Waals surface area (Å²) in [6, 6.07) is 1.89. The number of ether oxygens (including phenoxy) is 1. The third-order valence-electron chi connectivity index (χ3n) is 5.47. The highest BCUT2D eigenvalue weighted by Gasteiger charge is 2.56. The number of esters is 1. The van der Waals surface area contributed by atoms with E-state index in [4.69, 9.17) is 4.74 Å². The molecule has 1 atom stereocenters. The normalized spacial score (nSPS) is 39.1. The Bertz CT molecular complexity index is 441. The summed E-state index contributed by atoms with van der Waals surface area (Å²) in [5.41, 5.74) is -0.401. The summed E-state index contributed by atoms with van der Waals surface area (Å²) in [6.07, 6.45) is 6.37. The maximum Gasteiger partial charge on any atom is 0.331 e. The van der Waals surface area contributed by atoms with Gasteiger partial charge in [0.15, 0.2) is 5.78 Å². The van der Waals surface area contributed by atoms with Gasteiger partial charge >= 0.3 is 5.97 Å². The molecule has 4 saturated carbocycles. The Balaban J connectivity index is 1.82. The molecule has 4 aliphatic carbocycles. The molecule has 0 N–H and O–H groups in total. The number of carbonyl (C=O) groups excluding carboxylic acids is 2. The van der Waals surface area contributed by atoms with Gasteiger partial charge in [0.2, 0.25) is 5.92 Å². The predicted octanol–water partition coefficient (Wildman–Crippen LogP) is 2.47. The van der Waals surface area contributed by atoms with Crippen molar-refractivity contribution in [2.75, 3.05) is 6.61 Å². The minimum absolute atomic E-state index is 0.155. The lowest BCUT2D eigenvalue weighted by molar-refractivity contribution is -0.158. The van der Waals surface area contributed by atoms with E-state index in [0.29, 0.717) is 17.8 Å². The SMILES string of the molecule is CCOC(=O)C(C#N)C(=O)C12CC3CC(CC(C3)C1)C2. The second-order valence-electron chi connectivity index (χ2n) is 6.88. The molecule has 4 bridgehead atoms. The number of hydrogen-bond donors (Lipinski definition) is 0. The van der Waals surface area contributed by atoms with Crippen LogP contribution in [0.3, 0.4) is 0 Å². The van der Waals surface area contributed by atoms with E-state index in [1.165, 1.54) is 19.3 Å². The van der Waals surface area contributed by atoms with Gasteiger partial charge in [0.1, 0.15) is 0 Å². The molecule has 4 heteroatoms. The average Bonchev–Trinajstić information content (AvgIpc) is 2.38. The van der Waals surface area contributed by atoms with Crippen molar-refractivity contribution in [2.45, 2.75) is 45.4 Å². The summed E-state index contributed by atoms with van der Waals surface area (Å²) in [5, 5.41) is 9.22. The minimum atomic E-state index is -1.22.